The van der Waals surface area contributed by atoms with Crippen LogP contribution in [0, 0.1) is 5.82 Å². The molecule has 0 unspecified atom stereocenters. The lowest BCUT2D eigenvalue weighted by Gasteiger charge is -2.47. The lowest BCUT2D eigenvalue weighted by atomic mass is 9.93. The second-order valence-electron chi connectivity index (χ2n) is 8.94. The molecule has 2 aliphatic rings. The second-order valence-corrected chi connectivity index (χ2v) is 9.82. The first-order valence-corrected chi connectivity index (χ1v) is 12.2. The van der Waals surface area contributed by atoms with Gasteiger partial charge in [-0.3, -0.25) is 9.69 Å². The van der Waals surface area contributed by atoms with E-state index in [0.717, 1.165) is 57.9 Å². The van der Waals surface area contributed by atoms with Gasteiger partial charge in [-0.1, -0.05) is 35.3 Å². The van der Waals surface area contributed by atoms with E-state index in [0.29, 0.717) is 28.2 Å². The number of likely N-dealkylation sites (tertiary alicyclic amines) is 1. The maximum atomic E-state index is 13.5. The Balaban J connectivity index is 1.37. The average molecular weight is 494 g/mol. The molecule has 178 valence electrons. The highest BCUT2D eigenvalue weighted by atomic mass is 35.5. The summed E-state index contributed by atoms with van der Waals surface area (Å²) < 4.78 is 19.0. The molecule has 5 nitrogen and oxygen atoms in total. The summed E-state index contributed by atoms with van der Waals surface area (Å²) in [6.45, 7) is 7.25. The third-order valence-corrected chi connectivity index (χ3v) is 7.02. The van der Waals surface area contributed by atoms with Crippen LogP contribution in [-0.2, 0) is 4.74 Å². The smallest absolute Gasteiger partial charge is 0.253 e. The number of likely N-dealkylation sites (N-methyl/N-ethyl adjacent to an activating group) is 1. The molecule has 4 rings (SSSR count). The monoisotopic (exact) mass is 493 g/mol. The van der Waals surface area contributed by atoms with Crippen molar-refractivity contribution in [2.45, 2.75) is 18.4 Å². The molecule has 2 fully saturated rings. The summed E-state index contributed by atoms with van der Waals surface area (Å²) in [6, 6.07) is 12.1. The van der Waals surface area contributed by atoms with Gasteiger partial charge in [-0.2, -0.15) is 0 Å². The van der Waals surface area contributed by atoms with Crippen molar-refractivity contribution in [3.8, 4) is 0 Å². The minimum Gasteiger partial charge on any atom is -0.379 e. The van der Waals surface area contributed by atoms with Crippen LogP contribution in [0.1, 0.15) is 28.3 Å². The van der Waals surface area contributed by atoms with Crippen LogP contribution in [0.5, 0.6) is 0 Å². The fourth-order valence-electron chi connectivity index (χ4n) is 4.65. The maximum absolute atomic E-state index is 13.5. The highest BCUT2D eigenvalue weighted by Crippen LogP contribution is 2.26. The molecule has 1 atom stereocenters. The van der Waals surface area contributed by atoms with E-state index in [1.807, 2.05) is 12.1 Å². The Morgan fingerprint density at radius 2 is 1.76 bits per heavy atom. The first-order valence-electron chi connectivity index (χ1n) is 11.4. The summed E-state index contributed by atoms with van der Waals surface area (Å²) >= 11 is 12.2. The first kappa shape index (κ1) is 24.4. The van der Waals surface area contributed by atoms with Gasteiger partial charge >= 0.3 is 0 Å². The number of hydrogen-bond acceptors (Lipinski definition) is 4. The second kappa shape index (κ2) is 11.2. The normalized spacial score (nSPS) is 18.7. The third-order valence-electron chi connectivity index (χ3n) is 6.59. The number of carbonyl (C=O) groups excluding carboxylic acids is 1. The molecule has 2 saturated heterocycles. The molecule has 33 heavy (non-hydrogen) atoms. The van der Waals surface area contributed by atoms with Crippen LogP contribution in [0.2, 0.25) is 10.0 Å². The van der Waals surface area contributed by atoms with Crippen LogP contribution in [0.15, 0.2) is 42.5 Å². The van der Waals surface area contributed by atoms with Crippen LogP contribution < -0.4 is 0 Å². The van der Waals surface area contributed by atoms with Crippen molar-refractivity contribution in [2.24, 2.45) is 0 Å². The maximum Gasteiger partial charge on any atom is 0.253 e. The fraction of sp³-hybridized carbons (Fsp3) is 0.480. The Bertz CT molecular complexity index is 927. The summed E-state index contributed by atoms with van der Waals surface area (Å²) in [5.41, 5.74) is 1.49. The Morgan fingerprint density at radius 3 is 2.39 bits per heavy atom. The molecule has 0 saturated carbocycles. The van der Waals surface area contributed by atoms with E-state index >= 15 is 0 Å². The standard InChI is InChI=1S/C25H30Cl2FN3O2/c1-29(25(32)20-12-21(26)14-22(27)13-20)15-19(18-2-4-23(28)5-3-18)6-7-30-16-24(17-30)31-8-10-33-11-9-31/h2-5,12-14,19,24H,6-11,15-17H2,1H3/t19-/m1/s1. The molecule has 0 aromatic heterocycles. The quantitative estimate of drug-likeness (QED) is 0.546. The molecule has 0 radical (unpaired) electrons. The van der Waals surface area contributed by atoms with E-state index in [9.17, 15) is 9.18 Å². The molecular weight excluding hydrogens is 464 g/mol. The largest absolute Gasteiger partial charge is 0.379 e. The van der Waals surface area contributed by atoms with E-state index in [2.05, 4.69) is 9.80 Å². The molecule has 0 aliphatic carbocycles. The van der Waals surface area contributed by atoms with Crippen LogP contribution >= 0.6 is 23.2 Å². The highest BCUT2D eigenvalue weighted by molar-refractivity contribution is 6.35. The van der Waals surface area contributed by atoms with Gasteiger partial charge in [0.15, 0.2) is 0 Å². The van der Waals surface area contributed by atoms with Crippen molar-refractivity contribution >= 4 is 29.1 Å². The number of benzene rings is 2. The molecule has 8 heteroatoms. The Hall–Kier alpha value is -1.70. The van der Waals surface area contributed by atoms with Crippen LogP contribution in [-0.4, -0.2) is 86.2 Å². The SMILES string of the molecule is CN(C[C@@H](CCN1CC(N2CCOCC2)C1)c1ccc(F)cc1)C(=O)c1cc(Cl)cc(Cl)c1. The molecule has 2 aromatic carbocycles. The van der Waals surface area contributed by atoms with Gasteiger partial charge in [-0.15, -0.1) is 0 Å². The molecule has 0 spiro atoms. The number of nitrogens with zero attached hydrogens (tertiary/aromatic N) is 3. The molecule has 0 N–H and O–H groups in total. The van der Waals surface area contributed by atoms with Crippen molar-refractivity contribution in [1.29, 1.82) is 0 Å². The van der Waals surface area contributed by atoms with Crippen molar-refractivity contribution in [3.63, 3.8) is 0 Å². The number of carbonyl (C=O) groups is 1. The number of rotatable bonds is 8. The first-order chi connectivity index (χ1) is 15.9. The number of ether oxygens (including phenoxy) is 1. The molecule has 2 aromatic rings. The van der Waals surface area contributed by atoms with Gasteiger partial charge in [0.05, 0.1) is 13.2 Å². The van der Waals surface area contributed by atoms with Gasteiger partial charge in [0.1, 0.15) is 5.82 Å². The van der Waals surface area contributed by atoms with Crippen molar-refractivity contribution in [2.75, 3.05) is 59.5 Å². The predicted octanol–water partition coefficient (Wildman–Crippen LogP) is 4.39. The molecular formula is C25H30Cl2FN3O2. The minimum atomic E-state index is -0.258. The zero-order valence-corrected chi connectivity index (χ0v) is 20.4. The van der Waals surface area contributed by atoms with E-state index in [1.54, 1.807) is 30.1 Å². The lowest BCUT2D eigenvalue weighted by Crippen LogP contribution is -2.61. The molecule has 2 aliphatic heterocycles. The van der Waals surface area contributed by atoms with Gasteiger partial charge < -0.3 is 14.5 Å². The van der Waals surface area contributed by atoms with E-state index in [4.69, 9.17) is 27.9 Å². The number of halogens is 3. The number of amides is 1. The third kappa shape index (κ3) is 6.46. The van der Waals surface area contributed by atoms with Gasteiger partial charge in [0.25, 0.3) is 5.91 Å². The summed E-state index contributed by atoms with van der Waals surface area (Å²) in [7, 11) is 1.78. The van der Waals surface area contributed by atoms with E-state index in [-0.39, 0.29) is 17.6 Å². The van der Waals surface area contributed by atoms with Crippen LogP contribution in [0.3, 0.4) is 0 Å². The summed E-state index contributed by atoms with van der Waals surface area (Å²) in [6.07, 6.45) is 0.884. The highest BCUT2D eigenvalue weighted by Gasteiger charge is 2.32. The van der Waals surface area contributed by atoms with Gasteiger partial charge in [0, 0.05) is 67.3 Å². The van der Waals surface area contributed by atoms with E-state index < -0.39 is 0 Å². The fourth-order valence-corrected chi connectivity index (χ4v) is 5.17. The van der Waals surface area contributed by atoms with Crippen LogP contribution in [0.25, 0.3) is 0 Å². The molecule has 0 bridgehead atoms. The predicted molar refractivity (Wildman–Crippen MR) is 130 cm³/mol. The molecule has 1 amide bonds. The van der Waals surface area contributed by atoms with Crippen molar-refractivity contribution < 1.29 is 13.9 Å². The Labute approximate surface area is 205 Å². The molecule has 2 heterocycles. The number of morpholine rings is 1. The minimum absolute atomic E-state index is 0.0941. The van der Waals surface area contributed by atoms with Gasteiger partial charge in [-0.25, -0.2) is 4.39 Å². The van der Waals surface area contributed by atoms with Gasteiger partial charge in [0.2, 0.25) is 0 Å². The summed E-state index contributed by atoms with van der Waals surface area (Å²) in [5.74, 6) is -0.300. The average Bonchev–Trinajstić information content (AvgIpc) is 2.77. The topological polar surface area (TPSA) is 36.0 Å². The Kier molecular flexibility index (Phi) is 8.25. The summed E-state index contributed by atoms with van der Waals surface area (Å²) in [5, 5.41) is 0.865. The Morgan fingerprint density at radius 1 is 1.12 bits per heavy atom. The van der Waals surface area contributed by atoms with Crippen molar-refractivity contribution in [3.05, 3.63) is 69.5 Å². The lowest BCUT2D eigenvalue weighted by molar-refractivity contribution is -0.0326. The number of hydrogen-bond donors (Lipinski definition) is 0. The van der Waals surface area contributed by atoms with E-state index in [1.165, 1.54) is 12.1 Å². The zero-order chi connectivity index (χ0) is 23.4. The zero-order valence-electron chi connectivity index (χ0n) is 18.9. The van der Waals surface area contributed by atoms with Gasteiger partial charge in [-0.05, 0) is 48.9 Å². The summed E-state index contributed by atoms with van der Waals surface area (Å²) in [4.78, 5) is 19.7. The van der Waals surface area contributed by atoms with Crippen LogP contribution in [0.4, 0.5) is 4.39 Å². The van der Waals surface area contributed by atoms with Crippen molar-refractivity contribution in [1.82, 2.24) is 14.7 Å².